The van der Waals surface area contributed by atoms with Crippen LogP contribution in [-0.4, -0.2) is 47.0 Å². The van der Waals surface area contributed by atoms with Gasteiger partial charge in [-0.25, -0.2) is 9.78 Å². The summed E-state index contributed by atoms with van der Waals surface area (Å²) < 4.78 is 5.66. The number of hydrogen-bond acceptors (Lipinski definition) is 6. The average Bonchev–Trinajstić information content (AvgIpc) is 2.90. The Morgan fingerprint density at radius 2 is 1.75 bits per heavy atom. The zero-order valence-corrected chi connectivity index (χ0v) is 20.4. The van der Waals surface area contributed by atoms with Crippen LogP contribution in [0.5, 0.6) is 5.75 Å². The third-order valence-corrected chi connectivity index (χ3v) is 6.53. The molecule has 1 N–H and O–H groups in total. The van der Waals surface area contributed by atoms with E-state index in [2.05, 4.69) is 26.7 Å². The molecule has 1 saturated heterocycles. The van der Waals surface area contributed by atoms with Gasteiger partial charge in [-0.2, -0.15) is 0 Å². The van der Waals surface area contributed by atoms with E-state index in [1.807, 2.05) is 66.7 Å². The predicted molar refractivity (Wildman–Crippen MR) is 142 cm³/mol. The summed E-state index contributed by atoms with van der Waals surface area (Å²) in [6, 6.07) is 22.7. The normalized spacial score (nSPS) is 14.2. The Morgan fingerprint density at radius 3 is 2.53 bits per heavy atom. The summed E-state index contributed by atoms with van der Waals surface area (Å²) >= 11 is 0. The van der Waals surface area contributed by atoms with Crippen LogP contribution in [0.15, 0.2) is 77.6 Å². The van der Waals surface area contributed by atoms with E-state index in [0.29, 0.717) is 29.1 Å². The molecule has 1 aliphatic heterocycles. The summed E-state index contributed by atoms with van der Waals surface area (Å²) in [7, 11) is 0. The van der Waals surface area contributed by atoms with Gasteiger partial charge in [0.15, 0.2) is 0 Å². The number of anilines is 1. The number of carbonyl (C=O) groups is 1. The molecule has 0 unspecified atom stereocenters. The summed E-state index contributed by atoms with van der Waals surface area (Å²) in [5, 5.41) is 0.611. The SMILES string of the molecule is CCCc1ccc(C(=O)Oc2cccc(N3CCN(Cc4nc5ccccc5c(=O)[nH]4)CC3)c2)cc1. The van der Waals surface area contributed by atoms with Crippen molar-refractivity contribution in [3.8, 4) is 5.75 Å². The molecular formula is C29H30N4O3. The Bertz CT molecular complexity index is 1410. The minimum Gasteiger partial charge on any atom is -0.423 e. The molecule has 7 nitrogen and oxygen atoms in total. The number of fused-ring (bicyclic) bond motifs is 1. The van der Waals surface area contributed by atoms with E-state index in [0.717, 1.165) is 50.2 Å². The van der Waals surface area contributed by atoms with Crippen molar-refractivity contribution in [2.75, 3.05) is 31.1 Å². The summed E-state index contributed by atoms with van der Waals surface area (Å²) in [6.07, 6.45) is 2.08. The second-order valence-electron chi connectivity index (χ2n) is 9.13. The first-order valence-electron chi connectivity index (χ1n) is 12.5. The number of esters is 1. The molecule has 0 spiro atoms. The number of H-pyrrole nitrogens is 1. The zero-order valence-electron chi connectivity index (χ0n) is 20.4. The molecule has 1 aliphatic rings. The highest BCUT2D eigenvalue weighted by atomic mass is 16.5. The lowest BCUT2D eigenvalue weighted by molar-refractivity contribution is 0.0735. The predicted octanol–water partition coefficient (Wildman–Crippen LogP) is 4.42. The number of aromatic amines is 1. The molecule has 5 rings (SSSR count). The van der Waals surface area contributed by atoms with E-state index >= 15 is 0 Å². The van der Waals surface area contributed by atoms with Gasteiger partial charge in [-0.3, -0.25) is 9.69 Å². The standard InChI is InChI=1S/C29H30N4O3/c1-2-6-21-11-13-22(14-12-21)29(35)36-24-8-5-7-23(19-24)33-17-15-32(16-18-33)20-27-30-26-10-4-3-9-25(26)28(34)31-27/h3-5,7-14,19H,2,6,15-18,20H2,1H3,(H,30,31,34). The molecule has 1 fully saturated rings. The number of carbonyl (C=O) groups excluding carboxylic acids is 1. The van der Waals surface area contributed by atoms with Crippen molar-refractivity contribution in [1.29, 1.82) is 0 Å². The van der Waals surface area contributed by atoms with Crippen LogP contribution in [0.25, 0.3) is 10.9 Å². The number of ether oxygens (including phenoxy) is 1. The van der Waals surface area contributed by atoms with Crippen molar-refractivity contribution in [3.05, 3.63) is 100 Å². The van der Waals surface area contributed by atoms with Gasteiger partial charge in [-0.05, 0) is 48.4 Å². The van der Waals surface area contributed by atoms with E-state index in [-0.39, 0.29) is 11.5 Å². The molecule has 184 valence electrons. The van der Waals surface area contributed by atoms with Crippen LogP contribution in [0, 0.1) is 0 Å². The Kier molecular flexibility index (Phi) is 7.09. The topological polar surface area (TPSA) is 78.5 Å². The molecule has 2 heterocycles. The lowest BCUT2D eigenvalue weighted by atomic mass is 10.1. The molecule has 36 heavy (non-hydrogen) atoms. The average molecular weight is 483 g/mol. The molecule has 0 radical (unpaired) electrons. The molecule has 0 aliphatic carbocycles. The Labute approximate surface area is 210 Å². The van der Waals surface area contributed by atoms with Gasteiger partial charge in [0.05, 0.1) is 23.0 Å². The van der Waals surface area contributed by atoms with Gasteiger partial charge in [0.1, 0.15) is 11.6 Å². The summed E-state index contributed by atoms with van der Waals surface area (Å²) in [5.74, 6) is 0.871. The molecule has 7 heteroatoms. The number of nitrogens with zero attached hydrogens (tertiary/aromatic N) is 3. The molecule has 0 saturated carbocycles. The Balaban J connectivity index is 1.19. The van der Waals surface area contributed by atoms with Gasteiger partial charge in [0, 0.05) is 37.9 Å². The molecule has 0 atom stereocenters. The molecule has 3 aromatic carbocycles. The fourth-order valence-electron chi connectivity index (χ4n) is 4.59. The molecule has 1 aromatic heterocycles. The van der Waals surface area contributed by atoms with Gasteiger partial charge in [-0.1, -0.05) is 43.7 Å². The number of rotatable bonds is 7. The molecule has 4 aromatic rings. The number of aromatic nitrogens is 2. The van der Waals surface area contributed by atoms with Crippen molar-refractivity contribution in [1.82, 2.24) is 14.9 Å². The van der Waals surface area contributed by atoms with Crippen LogP contribution in [0.4, 0.5) is 5.69 Å². The van der Waals surface area contributed by atoms with Gasteiger partial charge in [0.2, 0.25) is 0 Å². The number of benzene rings is 3. The molecule has 0 amide bonds. The van der Waals surface area contributed by atoms with Crippen molar-refractivity contribution in [2.45, 2.75) is 26.3 Å². The van der Waals surface area contributed by atoms with E-state index in [4.69, 9.17) is 4.74 Å². The molecular weight excluding hydrogens is 452 g/mol. The quantitative estimate of drug-likeness (QED) is 0.310. The summed E-state index contributed by atoms with van der Waals surface area (Å²) in [4.78, 5) is 37.1. The molecule has 0 bridgehead atoms. The van der Waals surface area contributed by atoms with Gasteiger partial charge < -0.3 is 14.6 Å². The highest BCUT2D eigenvalue weighted by Gasteiger charge is 2.19. The van der Waals surface area contributed by atoms with Crippen LogP contribution in [-0.2, 0) is 13.0 Å². The summed E-state index contributed by atoms with van der Waals surface area (Å²) in [6.45, 7) is 6.07. The van der Waals surface area contributed by atoms with Crippen LogP contribution < -0.4 is 15.2 Å². The fraction of sp³-hybridized carbons (Fsp3) is 0.276. The van der Waals surface area contributed by atoms with Crippen LogP contribution >= 0.6 is 0 Å². The lowest BCUT2D eigenvalue weighted by Gasteiger charge is -2.35. The Hall–Kier alpha value is -3.97. The van der Waals surface area contributed by atoms with Gasteiger partial charge in [-0.15, -0.1) is 0 Å². The first kappa shape index (κ1) is 23.8. The highest BCUT2D eigenvalue weighted by Crippen LogP contribution is 2.24. The fourth-order valence-corrected chi connectivity index (χ4v) is 4.59. The number of para-hydroxylation sites is 1. The summed E-state index contributed by atoms with van der Waals surface area (Å²) in [5.41, 5.74) is 3.42. The number of piperazine rings is 1. The largest absolute Gasteiger partial charge is 0.423 e. The van der Waals surface area contributed by atoms with Crippen LogP contribution in [0.1, 0.15) is 35.1 Å². The van der Waals surface area contributed by atoms with Crippen LogP contribution in [0.2, 0.25) is 0 Å². The maximum absolute atomic E-state index is 12.6. The smallest absolute Gasteiger partial charge is 0.343 e. The first-order chi connectivity index (χ1) is 17.6. The van der Waals surface area contributed by atoms with E-state index in [1.165, 1.54) is 5.56 Å². The van der Waals surface area contributed by atoms with E-state index in [9.17, 15) is 9.59 Å². The lowest BCUT2D eigenvalue weighted by Crippen LogP contribution is -2.46. The minimum atomic E-state index is -0.350. The van der Waals surface area contributed by atoms with Gasteiger partial charge >= 0.3 is 5.97 Å². The number of aryl methyl sites for hydroxylation is 1. The maximum atomic E-state index is 12.6. The zero-order chi connectivity index (χ0) is 24.9. The highest BCUT2D eigenvalue weighted by molar-refractivity contribution is 5.91. The first-order valence-corrected chi connectivity index (χ1v) is 12.5. The minimum absolute atomic E-state index is 0.0995. The van der Waals surface area contributed by atoms with Crippen molar-refractivity contribution < 1.29 is 9.53 Å². The third kappa shape index (κ3) is 5.47. The monoisotopic (exact) mass is 482 g/mol. The van der Waals surface area contributed by atoms with Crippen molar-refractivity contribution in [2.24, 2.45) is 0 Å². The van der Waals surface area contributed by atoms with E-state index < -0.39 is 0 Å². The Morgan fingerprint density at radius 1 is 0.972 bits per heavy atom. The second kappa shape index (κ2) is 10.7. The number of hydrogen-bond donors (Lipinski definition) is 1. The third-order valence-electron chi connectivity index (χ3n) is 6.53. The van der Waals surface area contributed by atoms with Gasteiger partial charge in [0.25, 0.3) is 5.56 Å². The van der Waals surface area contributed by atoms with Crippen molar-refractivity contribution in [3.63, 3.8) is 0 Å². The second-order valence-corrected chi connectivity index (χ2v) is 9.13. The number of nitrogens with one attached hydrogen (secondary N) is 1. The van der Waals surface area contributed by atoms with Crippen molar-refractivity contribution >= 4 is 22.6 Å². The maximum Gasteiger partial charge on any atom is 0.343 e. The van der Waals surface area contributed by atoms with E-state index in [1.54, 1.807) is 6.07 Å². The van der Waals surface area contributed by atoms with Crippen LogP contribution in [0.3, 0.4) is 0 Å².